The Kier molecular flexibility index (Phi) is 4.21. The molecule has 132 valence electrons. The Bertz CT molecular complexity index is 1050. The normalized spacial score (nSPS) is 12.8. The number of benzene rings is 2. The van der Waals surface area contributed by atoms with E-state index in [9.17, 15) is 9.59 Å². The standard InChI is InChI=1S/C21H19NO4/c1-2-25-16-8-9-17-18(12-20(23)26-19(17)11-16)21(24)22-15-7-6-13-4-3-5-14(13)10-15/h6-12H,2-5H2,1H3,(H,22,24). The molecule has 2 aromatic carbocycles. The Morgan fingerprint density at radius 1 is 1.12 bits per heavy atom. The van der Waals surface area contributed by atoms with Gasteiger partial charge in [0, 0.05) is 23.2 Å². The van der Waals surface area contributed by atoms with Crippen LogP contribution in [0.25, 0.3) is 11.0 Å². The summed E-state index contributed by atoms with van der Waals surface area (Å²) in [5, 5.41) is 3.47. The molecular weight excluding hydrogens is 330 g/mol. The zero-order chi connectivity index (χ0) is 18.1. The molecule has 1 amide bonds. The Morgan fingerprint density at radius 3 is 2.81 bits per heavy atom. The second kappa shape index (κ2) is 6.67. The molecule has 0 fully saturated rings. The molecule has 0 aliphatic heterocycles. The number of carbonyl (C=O) groups excluding carboxylic acids is 1. The molecule has 26 heavy (non-hydrogen) atoms. The molecule has 1 N–H and O–H groups in total. The van der Waals surface area contributed by atoms with Crippen molar-refractivity contribution in [1.82, 2.24) is 0 Å². The van der Waals surface area contributed by atoms with Crippen LogP contribution in [0.5, 0.6) is 5.75 Å². The molecule has 1 aliphatic rings. The number of hydrogen-bond acceptors (Lipinski definition) is 4. The predicted octanol–water partition coefficient (Wildman–Crippen LogP) is 3.93. The second-order valence-corrected chi connectivity index (χ2v) is 6.36. The summed E-state index contributed by atoms with van der Waals surface area (Å²) in [5.41, 5.74) is 3.43. The van der Waals surface area contributed by atoms with Crippen molar-refractivity contribution < 1.29 is 13.9 Å². The number of fused-ring (bicyclic) bond motifs is 2. The monoisotopic (exact) mass is 349 g/mol. The number of rotatable bonds is 4. The molecule has 4 rings (SSSR count). The van der Waals surface area contributed by atoms with Gasteiger partial charge < -0.3 is 14.5 Å². The molecule has 0 unspecified atom stereocenters. The van der Waals surface area contributed by atoms with Crippen molar-refractivity contribution in [3.05, 3.63) is 69.6 Å². The van der Waals surface area contributed by atoms with E-state index >= 15 is 0 Å². The van der Waals surface area contributed by atoms with E-state index in [1.807, 2.05) is 19.1 Å². The maximum Gasteiger partial charge on any atom is 0.337 e. The quantitative estimate of drug-likeness (QED) is 0.725. The molecule has 0 bridgehead atoms. The van der Waals surface area contributed by atoms with Crippen LogP contribution in [0.3, 0.4) is 0 Å². The van der Waals surface area contributed by atoms with Gasteiger partial charge >= 0.3 is 5.63 Å². The van der Waals surface area contributed by atoms with Gasteiger partial charge in [-0.1, -0.05) is 6.07 Å². The summed E-state index contributed by atoms with van der Waals surface area (Å²) < 4.78 is 10.7. The molecule has 0 saturated heterocycles. The Labute approximate surface area is 150 Å². The first kappa shape index (κ1) is 16.4. The highest BCUT2D eigenvalue weighted by atomic mass is 16.5. The van der Waals surface area contributed by atoms with Crippen molar-refractivity contribution in [3.8, 4) is 5.75 Å². The fourth-order valence-corrected chi connectivity index (χ4v) is 3.44. The first-order valence-electron chi connectivity index (χ1n) is 8.78. The van der Waals surface area contributed by atoms with E-state index in [2.05, 4.69) is 11.4 Å². The fourth-order valence-electron chi connectivity index (χ4n) is 3.44. The summed E-state index contributed by atoms with van der Waals surface area (Å²) in [6, 6.07) is 12.3. The first-order chi connectivity index (χ1) is 12.6. The van der Waals surface area contributed by atoms with Gasteiger partial charge in [-0.15, -0.1) is 0 Å². The molecule has 0 spiro atoms. The summed E-state index contributed by atoms with van der Waals surface area (Å²) in [4.78, 5) is 24.7. The fraction of sp³-hybridized carbons (Fsp3) is 0.238. The third-order valence-corrected chi connectivity index (χ3v) is 4.63. The van der Waals surface area contributed by atoms with Crippen LogP contribution in [0.2, 0.25) is 0 Å². The molecular formula is C21H19NO4. The highest BCUT2D eigenvalue weighted by molar-refractivity contribution is 6.12. The average molecular weight is 349 g/mol. The summed E-state index contributed by atoms with van der Waals surface area (Å²) in [6.07, 6.45) is 3.28. The van der Waals surface area contributed by atoms with Crippen molar-refractivity contribution in [2.45, 2.75) is 26.2 Å². The maximum absolute atomic E-state index is 12.8. The van der Waals surface area contributed by atoms with Gasteiger partial charge in [0.1, 0.15) is 11.3 Å². The van der Waals surface area contributed by atoms with E-state index in [0.717, 1.165) is 24.9 Å². The van der Waals surface area contributed by atoms with Gasteiger partial charge in [-0.3, -0.25) is 4.79 Å². The SMILES string of the molecule is CCOc1ccc2c(C(=O)Nc3ccc4c(c3)CCC4)cc(=O)oc2c1. The zero-order valence-electron chi connectivity index (χ0n) is 14.5. The number of ether oxygens (including phenoxy) is 1. The van der Waals surface area contributed by atoms with Crippen LogP contribution in [0.15, 0.2) is 51.7 Å². The zero-order valence-corrected chi connectivity index (χ0v) is 14.5. The number of amides is 1. The summed E-state index contributed by atoms with van der Waals surface area (Å²) in [6.45, 7) is 2.38. The topological polar surface area (TPSA) is 68.5 Å². The Morgan fingerprint density at radius 2 is 1.96 bits per heavy atom. The minimum atomic E-state index is -0.565. The highest BCUT2D eigenvalue weighted by Crippen LogP contribution is 2.26. The number of aryl methyl sites for hydroxylation is 2. The van der Waals surface area contributed by atoms with E-state index in [1.54, 1.807) is 18.2 Å². The molecule has 1 aromatic heterocycles. The van der Waals surface area contributed by atoms with E-state index in [-0.39, 0.29) is 5.91 Å². The van der Waals surface area contributed by atoms with E-state index in [0.29, 0.717) is 28.9 Å². The van der Waals surface area contributed by atoms with E-state index < -0.39 is 5.63 Å². The Balaban J connectivity index is 1.69. The molecule has 3 aromatic rings. The van der Waals surface area contributed by atoms with Gasteiger partial charge in [-0.25, -0.2) is 4.79 Å². The molecule has 5 nitrogen and oxygen atoms in total. The lowest BCUT2D eigenvalue weighted by atomic mass is 10.1. The van der Waals surface area contributed by atoms with Crippen LogP contribution >= 0.6 is 0 Å². The van der Waals surface area contributed by atoms with Gasteiger partial charge in [0.15, 0.2) is 0 Å². The second-order valence-electron chi connectivity index (χ2n) is 6.36. The van der Waals surface area contributed by atoms with Crippen LogP contribution in [-0.4, -0.2) is 12.5 Å². The molecule has 0 atom stereocenters. The van der Waals surface area contributed by atoms with E-state index in [4.69, 9.17) is 9.15 Å². The third-order valence-electron chi connectivity index (χ3n) is 4.63. The molecule has 5 heteroatoms. The molecule has 0 saturated carbocycles. The highest BCUT2D eigenvalue weighted by Gasteiger charge is 2.16. The minimum Gasteiger partial charge on any atom is -0.494 e. The predicted molar refractivity (Wildman–Crippen MR) is 100 cm³/mol. The number of nitrogens with one attached hydrogen (secondary N) is 1. The maximum atomic E-state index is 12.8. The lowest BCUT2D eigenvalue weighted by molar-refractivity contribution is 0.102. The molecule has 1 heterocycles. The van der Waals surface area contributed by atoms with Crippen molar-refractivity contribution in [3.63, 3.8) is 0 Å². The molecule has 0 radical (unpaired) electrons. The largest absolute Gasteiger partial charge is 0.494 e. The molecule has 1 aliphatic carbocycles. The van der Waals surface area contributed by atoms with E-state index in [1.165, 1.54) is 17.2 Å². The summed E-state index contributed by atoms with van der Waals surface area (Å²) in [5.74, 6) is 0.268. The van der Waals surface area contributed by atoms with Crippen LogP contribution in [-0.2, 0) is 12.8 Å². The average Bonchev–Trinajstić information content (AvgIpc) is 3.08. The Hall–Kier alpha value is -3.08. The van der Waals surface area contributed by atoms with Crippen LogP contribution in [0.1, 0.15) is 34.8 Å². The van der Waals surface area contributed by atoms with Crippen LogP contribution in [0.4, 0.5) is 5.69 Å². The van der Waals surface area contributed by atoms with Crippen molar-refractivity contribution in [2.24, 2.45) is 0 Å². The number of hydrogen-bond donors (Lipinski definition) is 1. The lowest BCUT2D eigenvalue weighted by Gasteiger charge is -2.10. The van der Waals surface area contributed by atoms with Crippen LogP contribution in [0, 0.1) is 0 Å². The third kappa shape index (κ3) is 3.08. The van der Waals surface area contributed by atoms with Crippen molar-refractivity contribution >= 4 is 22.6 Å². The summed E-state index contributed by atoms with van der Waals surface area (Å²) >= 11 is 0. The minimum absolute atomic E-state index is 0.291. The number of anilines is 1. The van der Waals surface area contributed by atoms with Gasteiger partial charge in [-0.2, -0.15) is 0 Å². The van der Waals surface area contributed by atoms with Crippen molar-refractivity contribution in [1.29, 1.82) is 0 Å². The van der Waals surface area contributed by atoms with Gasteiger partial charge in [-0.05, 0) is 61.6 Å². The van der Waals surface area contributed by atoms with Gasteiger partial charge in [0.25, 0.3) is 5.91 Å². The first-order valence-corrected chi connectivity index (χ1v) is 8.78. The summed E-state index contributed by atoms with van der Waals surface area (Å²) in [7, 11) is 0. The lowest BCUT2D eigenvalue weighted by Crippen LogP contribution is -2.15. The van der Waals surface area contributed by atoms with Gasteiger partial charge in [0.05, 0.1) is 12.2 Å². The number of carbonyl (C=O) groups is 1. The van der Waals surface area contributed by atoms with Crippen molar-refractivity contribution in [2.75, 3.05) is 11.9 Å². The van der Waals surface area contributed by atoms with Gasteiger partial charge in [0.2, 0.25) is 0 Å². The smallest absolute Gasteiger partial charge is 0.337 e. The van der Waals surface area contributed by atoms with Crippen LogP contribution < -0.4 is 15.7 Å².